The van der Waals surface area contributed by atoms with Crippen molar-refractivity contribution in [3.05, 3.63) is 33.1 Å². The minimum atomic E-state index is -0.317. The van der Waals surface area contributed by atoms with Gasteiger partial charge in [-0.2, -0.15) is 0 Å². The average molecular weight is 377 g/mol. The zero-order valence-electron chi connectivity index (χ0n) is 11.0. The molecule has 5 heteroatoms. The zero-order valence-corrected chi connectivity index (χ0v) is 13.2. The maximum atomic E-state index is 13.1. The zero-order chi connectivity index (χ0) is 14.0. The fourth-order valence-corrected chi connectivity index (χ4v) is 3.07. The van der Waals surface area contributed by atoms with Crippen LogP contribution in [0.5, 0.6) is 0 Å². The summed E-state index contributed by atoms with van der Waals surface area (Å²) in [6, 6.07) is 4.27. The van der Waals surface area contributed by atoms with Crippen LogP contribution in [0.25, 0.3) is 0 Å². The highest BCUT2D eigenvalue weighted by Crippen LogP contribution is 2.23. The number of likely N-dealkylation sites (tertiary alicyclic amines) is 1. The summed E-state index contributed by atoms with van der Waals surface area (Å²) in [6.07, 6.45) is 1.01. The maximum absolute atomic E-state index is 13.1. The fraction of sp³-hybridized carbons (Fsp3) is 0.500. The normalized spacial score (nSPS) is 23.5. The van der Waals surface area contributed by atoms with Crippen LogP contribution in [0.1, 0.15) is 23.7 Å². The van der Waals surface area contributed by atoms with Gasteiger partial charge in [-0.05, 0) is 53.1 Å². The molecule has 0 aromatic heterocycles. The Morgan fingerprint density at radius 3 is 2.89 bits per heavy atom. The Morgan fingerprint density at radius 2 is 2.26 bits per heavy atom. The summed E-state index contributed by atoms with van der Waals surface area (Å²) in [4.78, 5) is 14.2. The SMILES string of the molecule is COC1CN(C(=O)c2ccc(F)cc2I)CCC1C. The molecule has 1 aromatic rings. The van der Waals surface area contributed by atoms with E-state index in [0.29, 0.717) is 21.6 Å². The maximum Gasteiger partial charge on any atom is 0.255 e. The number of nitrogens with zero attached hydrogens (tertiary/aromatic N) is 1. The van der Waals surface area contributed by atoms with Gasteiger partial charge < -0.3 is 9.64 Å². The Hall–Kier alpha value is -0.690. The van der Waals surface area contributed by atoms with Crippen molar-refractivity contribution >= 4 is 28.5 Å². The van der Waals surface area contributed by atoms with Gasteiger partial charge in [-0.25, -0.2) is 4.39 Å². The van der Waals surface area contributed by atoms with Crippen LogP contribution < -0.4 is 0 Å². The number of carbonyl (C=O) groups excluding carboxylic acids is 1. The lowest BCUT2D eigenvalue weighted by Crippen LogP contribution is -2.46. The van der Waals surface area contributed by atoms with Gasteiger partial charge in [0.25, 0.3) is 5.91 Å². The van der Waals surface area contributed by atoms with Crippen molar-refractivity contribution in [1.29, 1.82) is 0 Å². The van der Waals surface area contributed by atoms with Crippen molar-refractivity contribution in [2.24, 2.45) is 5.92 Å². The minimum Gasteiger partial charge on any atom is -0.379 e. The number of carbonyl (C=O) groups is 1. The highest BCUT2D eigenvalue weighted by atomic mass is 127. The number of piperidine rings is 1. The second-order valence-electron chi connectivity index (χ2n) is 4.92. The summed E-state index contributed by atoms with van der Waals surface area (Å²) < 4.78 is 19.1. The molecule has 1 fully saturated rings. The van der Waals surface area contributed by atoms with E-state index in [-0.39, 0.29) is 17.8 Å². The largest absolute Gasteiger partial charge is 0.379 e. The first-order chi connectivity index (χ1) is 9.02. The number of benzene rings is 1. The molecule has 1 aromatic carbocycles. The van der Waals surface area contributed by atoms with Gasteiger partial charge >= 0.3 is 0 Å². The van der Waals surface area contributed by atoms with E-state index in [2.05, 4.69) is 6.92 Å². The molecule has 1 aliphatic heterocycles. The van der Waals surface area contributed by atoms with Crippen molar-refractivity contribution in [2.75, 3.05) is 20.2 Å². The monoisotopic (exact) mass is 377 g/mol. The third-order valence-electron chi connectivity index (χ3n) is 3.64. The number of halogens is 2. The Labute approximate surface area is 126 Å². The van der Waals surface area contributed by atoms with E-state index in [1.807, 2.05) is 22.6 Å². The van der Waals surface area contributed by atoms with Crippen LogP contribution in [0.4, 0.5) is 4.39 Å². The van der Waals surface area contributed by atoms with E-state index in [1.54, 1.807) is 18.1 Å². The van der Waals surface area contributed by atoms with Crippen LogP contribution in [-0.2, 0) is 4.74 Å². The molecular formula is C14H17FINO2. The predicted molar refractivity (Wildman–Crippen MR) is 79.6 cm³/mol. The second-order valence-corrected chi connectivity index (χ2v) is 6.08. The number of rotatable bonds is 2. The number of amides is 1. The quantitative estimate of drug-likeness (QED) is 0.742. The van der Waals surface area contributed by atoms with Crippen LogP contribution in [-0.4, -0.2) is 37.1 Å². The molecule has 0 saturated carbocycles. The van der Waals surface area contributed by atoms with Gasteiger partial charge in [-0.3, -0.25) is 4.79 Å². The summed E-state index contributed by atoms with van der Waals surface area (Å²) in [6.45, 7) is 3.47. The molecule has 0 aliphatic carbocycles. The van der Waals surface area contributed by atoms with Gasteiger partial charge in [0.15, 0.2) is 0 Å². The molecule has 1 aliphatic rings. The molecule has 104 valence electrons. The van der Waals surface area contributed by atoms with E-state index in [0.717, 1.165) is 13.0 Å². The fourth-order valence-electron chi connectivity index (χ4n) is 2.36. The molecule has 0 radical (unpaired) electrons. The molecule has 3 nitrogen and oxygen atoms in total. The van der Waals surface area contributed by atoms with Crippen LogP contribution in [0.3, 0.4) is 0 Å². The second kappa shape index (κ2) is 6.17. The molecule has 1 heterocycles. The summed E-state index contributed by atoms with van der Waals surface area (Å²) in [5.74, 6) is 0.0997. The summed E-state index contributed by atoms with van der Waals surface area (Å²) in [7, 11) is 1.68. The first-order valence-electron chi connectivity index (χ1n) is 6.30. The number of ether oxygens (including phenoxy) is 1. The minimum absolute atomic E-state index is 0.0432. The van der Waals surface area contributed by atoms with E-state index in [1.165, 1.54) is 12.1 Å². The van der Waals surface area contributed by atoms with E-state index < -0.39 is 0 Å². The average Bonchev–Trinajstić information content (AvgIpc) is 2.38. The topological polar surface area (TPSA) is 29.5 Å². The molecule has 1 saturated heterocycles. The summed E-state index contributed by atoms with van der Waals surface area (Å²) in [5.41, 5.74) is 0.561. The molecule has 0 N–H and O–H groups in total. The van der Waals surface area contributed by atoms with Crippen LogP contribution in [0, 0.1) is 15.3 Å². The Balaban J connectivity index is 2.15. The molecule has 19 heavy (non-hydrogen) atoms. The first kappa shape index (κ1) is 14.7. The van der Waals surface area contributed by atoms with Crippen molar-refractivity contribution in [3.8, 4) is 0 Å². The highest BCUT2D eigenvalue weighted by molar-refractivity contribution is 14.1. The Kier molecular flexibility index (Phi) is 4.78. The lowest BCUT2D eigenvalue weighted by molar-refractivity contribution is -0.00160. The van der Waals surface area contributed by atoms with Gasteiger partial charge in [-0.1, -0.05) is 6.92 Å². The van der Waals surface area contributed by atoms with Crippen molar-refractivity contribution in [1.82, 2.24) is 4.90 Å². The highest BCUT2D eigenvalue weighted by Gasteiger charge is 2.29. The lowest BCUT2D eigenvalue weighted by Gasteiger charge is -2.36. The van der Waals surface area contributed by atoms with Crippen molar-refractivity contribution in [2.45, 2.75) is 19.4 Å². The van der Waals surface area contributed by atoms with Crippen molar-refractivity contribution in [3.63, 3.8) is 0 Å². The lowest BCUT2D eigenvalue weighted by atomic mass is 9.95. The van der Waals surface area contributed by atoms with E-state index in [9.17, 15) is 9.18 Å². The van der Waals surface area contributed by atoms with Gasteiger partial charge in [0.05, 0.1) is 11.7 Å². The molecule has 2 rings (SSSR count). The molecule has 1 amide bonds. The van der Waals surface area contributed by atoms with Crippen LogP contribution >= 0.6 is 22.6 Å². The van der Waals surface area contributed by atoms with Crippen LogP contribution in [0.15, 0.2) is 18.2 Å². The molecule has 0 bridgehead atoms. The van der Waals surface area contributed by atoms with Gasteiger partial charge in [0, 0.05) is 23.8 Å². The summed E-state index contributed by atoms with van der Waals surface area (Å²) in [5, 5.41) is 0. The molecule has 2 unspecified atom stereocenters. The van der Waals surface area contributed by atoms with Crippen molar-refractivity contribution < 1.29 is 13.9 Å². The first-order valence-corrected chi connectivity index (χ1v) is 7.38. The van der Waals surface area contributed by atoms with E-state index in [4.69, 9.17) is 4.74 Å². The molecule has 2 atom stereocenters. The third kappa shape index (κ3) is 3.25. The molecule has 0 spiro atoms. The molecular weight excluding hydrogens is 360 g/mol. The van der Waals surface area contributed by atoms with Gasteiger partial charge in [0.2, 0.25) is 0 Å². The van der Waals surface area contributed by atoms with Gasteiger partial charge in [-0.15, -0.1) is 0 Å². The third-order valence-corrected chi connectivity index (χ3v) is 4.53. The summed E-state index contributed by atoms with van der Waals surface area (Å²) >= 11 is 2.00. The number of hydrogen-bond donors (Lipinski definition) is 0. The smallest absolute Gasteiger partial charge is 0.255 e. The number of hydrogen-bond acceptors (Lipinski definition) is 2. The number of methoxy groups -OCH3 is 1. The van der Waals surface area contributed by atoms with Gasteiger partial charge in [0.1, 0.15) is 5.82 Å². The van der Waals surface area contributed by atoms with E-state index >= 15 is 0 Å². The Morgan fingerprint density at radius 1 is 1.53 bits per heavy atom. The Bertz CT molecular complexity index is 481. The van der Waals surface area contributed by atoms with Crippen LogP contribution in [0.2, 0.25) is 0 Å². The standard InChI is InChI=1S/C14H17FINO2/c1-9-5-6-17(8-13(9)19-2)14(18)11-4-3-10(15)7-12(11)16/h3-4,7,9,13H,5-6,8H2,1-2H3. The predicted octanol–water partition coefficient (Wildman–Crippen LogP) is 2.93.